The third-order valence-corrected chi connectivity index (χ3v) is 3.75. The summed E-state index contributed by atoms with van der Waals surface area (Å²) in [6.07, 6.45) is 1.02. The molecule has 14 heavy (non-hydrogen) atoms. The van der Waals surface area contributed by atoms with Crippen LogP contribution in [-0.2, 0) is 9.84 Å². The van der Waals surface area contributed by atoms with E-state index in [0.717, 1.165) is 6.26 Å². The van der Waals surface area contributed by atoms with Gasteiger partial charge in [0.1, 0.15) is 5.25 Å². The lowest BCUT2D eigenvalue weighted by Crippen LogP contribution is -2.25. The van der Waals surface area contributed by atoms with Gasteiger partial charge in [0.05, 0.1) is 0 Å². The molecular formula is C8H9BrO4S. The zero-order chi connectivity index (χ0) is 10.9. The number of halogens is 1. The second kappa shape index (κ2) is 3.86. The van der Waals surface area contributed by atoms with Crippen molar-refractivity contribution < 1.29 is 17.6 Å². The van der Waals surface area contributed by atoms with Gasteiger partial charge in [0.15, 0.2) is 20.3 Å². The van der Waals surface area contributed by atoms with E-state index < -0.39 is 20.9 Å². The molecule has 0 amide bonds. The Morgan fingerprint density at radius 2 is 2.07 bits per heavy atom. The highest BCUT2D eigenvalue weighted by Gasteiger charge is 2.26. The molecule has 0 bridgehead atoms. The molecule has 0 aromatic carbocycles. The number of carbonyl (C=O) groups is 1. The molecule has 6 heteroatoms. The van der Waals surface area contributed by atoms with Crippen LogP contribution in [0.3, 0.4) is 0 Å². The standard InChI is InChI=1S/C8H9BrO4S/c1-5(14(2,11)12)8(10)6-3-4-7(9)13-6/h3-5H,1-2H3. The van der Waals surface area contributed by atoms with Gasteiger partial charge in [-0.1, -0.05) is 0 Å². The maximum Gasteiger partial charge on any atom is 0.215 e. The van der Waals surface area contributed by atoms with Crippen LogP contribution in [-0.4, -0.2) is 25.7 Å². The van der Waals surface area contributed by atoms with Crippen LogP contribution < -0.4 is 0 Å². The lowest BCUT2D eigenvalue weighted by molar-refractivity contribution is 0.0964. The summed E-state index contributed by atoms with van der Waals surface area (Å²) in [5.74, 6) is -0.479. The van der Waals surface area contributed by atoms with Crippen LogP contribution in [0, 0.1) is 0 Å². The number of rotatable bonds is 3. The van der Waals surface area contributed by atoms with E-state index in [1.165, 1.54) is 13.0 Å². The van der Waals surface area contributed by atoms with Gasteiger partial charge >= 0.3 is 0 Å². The zero-order valence-corrected chi connectivity index (χ0v) is 10.1. The number of furan rings is 1. The van der Waals surface area contributed by atoms with E-state index in [-0.39, 0.29) is 5.76 Å². The van der Waals surface area contributed by atoms with Crippen LogP contribution in [0.25, 0.3) is 0 Å². The first-order chi connectivity index (χ1) is 6.32. The van der Waals surface area contributed by atoms with Crippen LogP contribution in [0.15, 0.2) is 21.2 Å². The number of hydrogen-bond acceptors (Lipinski definition) is 4. The van der Waals surface area contributed by atoms with Crippen LogP contribution in [0.5, 0.6) is 0 Å². The Labute approximate surface area is 90.3 Å². The average Bonchev–Trinajstić information content (AvgIpc) is 2.47. The highest BCUT2D eigenvalue weighted by molar-refractivity contribution is 9.10. The summed E-state index contributed by atoms with van der Waals surface area (Å²) >= 11 is 3.03. The highest BCUT2D eigenvalue weighted by Crippen LogP contribution is 2.17. The summed E-state index contributed by atoms with van der Waals surface area (Å²) in [4.78, 5) is 11.5. The van der Waals surface area contributed by atoms with Gasteiger partial charge in [-0.25, -0.2) is 8.42 Å². The van der Waals surface area contributed by atoms with Crippen LogP contribution >= 0.6 is 15.9 Å². The lowest BCUT2D eigenvalue weighted by atomic mass is 10.2. The van der Waals surface area contributed by atoms with Crippen molar-refractivity contribution in [1.29, 1.82) is 0 Å². The fraction of sp³-hybridized carbons (Fsp3) is 0.375. The molecular weight excluding hydrogens is 272 g/mol. The molecule has 1 rings (SSSR count). The first-order valence-corrected chi connectivity index (χ1v) is 6.55. The molecule has 0 spiro atoms. The van der Waals surface area contributed by atoms with Crippen molar-refractivity contribution in [3.8, 4) is 0 Å². The molecule has 0 aliphatic rings. The summed E-state index contributed by atoms with van der Waals surface area (Å²) in [5, 5.41) is -1.07. The molecule has 1 atom stereocenters. The van der Waals surface area contributed by atoms with Gasteiger partial charge in [-0.3, -0.25) is 4.79 Å². The summed E-state index contributed by atoms with van der Waals surface area (Å²) in [7, 11) is -3.37. The van der Waals surface area contributed by atoms with Crippen molar-refractivity contribution in [2.24, 2.45) is 0 Å². The summed E-state index contributed by atoms with van der Waals surface area (Å²) < 4.78 is 27.5. The molecule has 0 saturated heterocycles. The molecule has 4 nitrogen and oxygen atoms in total. The molecule has 0 N–H and O–H groups in total. The Bertz CT molecular complexity index is 446. The molecule has 1 aromatic heterocycles. The number of hydrogen-bond donors (Lipinski definition) is 0. The van der Waals surface area contributed by atoms with Crippen molar-refractivity contribution in [3.63, 3.8) is 0 Å². The third kappa shape index (κ3) is 2.45. The second-order valence-corrected chi connectivity index (χ2v) is 6.09. The minimum Gasteiger partial charge on any atom is -0.446 e. The number of ketones is 1. The second-order valence-electron chi connectivity index (χ2n) is 2.94. The van der Waals surface area contributed by atoms with Gasteiger partial charge in [-0.2, -0.15) is 0 Å². The van der Waals surface area contributed by atoms with E-state index in [0.29, 0.717) is 4.67 Å². The normalized spacial score (nSPS) is 13.9. The average molecular weight is 281 g/mol. The van der Waals surface area contributed by atoms with Crippen molar-refractivity contribution in [2.45, 2.75) is 12.2 Å². The summed E-state index contributed by atoms with van der Waals surface area (Å²) in [6.45, 7) is 1.34. The van der Waals surface area contributed by atoms with Gasteiger partial charge in [0.2, 0.25) is 5.78 Å². The monoisotopic (exact) mass is 280 g/mol. The van der Waals surface area contributed by atoms with E-state index in [1.54, 1.807) is 6.07 Å². The van der Waals surface area contributed by atoms with Gasteiger partial charge in [0, 0.05) is 6.26 Å². The van der Waals surface area contributed by atoms with Gasteiger partial charge in [0.25, 0.3) is 0 Å². The number of sulfone groups is 1. The number of carbonyl (C=O) groups excluding carboxylic acids is 1. The Kier molecular flexibility index (Phi) is 3.16. The number of Topliss-reactive ketones (excluding diaryl/α,β-unsaturated/α-hetero) is 1. The summed E-state index contributed by atoms with van der Waals surface area (Å²) in [5.41, 5.74) is 0. The van der Waals surface area contributed by atoms with E-state index in [2.05, 4.69) is 15.9 Å². The Morgan fingerprint density at radius 3 is 2.43 bits per heavy atom. The maximum absolute atomic E-state index is 11.5. The molecule has 0 aliphatic heterocycles. The molecule has 0 aliphatic carbocycles. The Hall–Kier alpha value is -0.620. The van der Waals surface area contributed by atoms with Crippen molar-refractivity contribution >= 4 is 31.6 Å². The van der Waals surface area contributed by atoms with Crippen molar-refractivity contribution in [1.82, 2.24) is 0 Å². The molecule has 1 unspecified atom stereocenters. The maximum atomic E-state index is 11.5. The minimum absolute atomic E-state index is 0.0507. The minimum atomic E-state index is -3.37. The zero-order valence-electron chi connectivity index (χ0n) is 7.65. The summed E-state index contributed by atoms with van der Waals surface area (Å²) in [6, 6.07) is 2.98. The quantitative estimate of drug-likeness (QED) is 0.790. The smallest absolute Gasteiger partial charge is 0.215 e. The molecule has 1 aromatic rings. The molecule has 78 valence electrons. The molecule has 1 heterocycles. The first kappa shape index (κ1) is 11.5. The van der Waals surface area contributed by atoms with Crippen LogP contribution in [0.1, 0.15) is 17.5 Å². The fourth-order valence-corrected chi connectivity index (χ4v) is 1.65. The van der Waals surface area contributed by atoms with E-state index >= 15 is 0 Å². The lowest BCUT2D eigenvalue weighted by Gasteiger charge is -2.04. The molecule has 0 fully saturated rings. The molecule has 0 radical (unpaired) electrons. The highest BCUT2D eigenvalue weighted by atomic mass is 79.9. The van der Waals surface area contributed by atoms with Crippen LogP contribution in [0.2, 0.25) is 0 Å². The predicted molar refractivity (Wildman–Crippen MR) is 55.0 cm³/mol. The van der Waals surface area contributed by atoms with E-state index in [9.17, 15) is 13.2 Å². The Balaban J connectivity index is 2.98. The van der Waals surface area contributed by atoms with Gasteiger partial charge in [-0.05, 0) is 35.0 Å². The van der Waals surface area contributed by atoms with Crippen LogP contribution in [0.4, 0.5) is 0 Å². The third-order valence-electron chi connectivity index (χ3n) is 1.83. The molecule has 0 saturated carbocycles. The SMILES string of the molecule is CC(C(=O)c1ccc(Br)o1)S(C)(=O)=O. The van der Waals surface area contributed by atoms with Crippen molar-refractivity contribution in [2.75, 3.05) is 6.26 Å². The van der Waals surface area contributed by atoms with Crippen molar-refractivity contribution in [3.05, 3.63) is 22.6 Å². The Morgan fingerprint density at radius 1 is 1.50 bits per heavy atom. The van der Waals surface area contributed by atoms with E-state index in [1.807, 2.05) is 0 Å². The van der Waals surface area contributed by atoms with E-state index in [4.69, 9.17) is 4.42 Å². The first-order valence-electron chi connectivity index (χ1n) is 3.81. The fourth-order valence-electron chi connectivity index (χ4n) is 0.841. The van der Waals surface area contributed by atoms with Gasteiger partial charge < -0.3 is 4.42 Å². The van der Waals surface area contributed by atoms with Gasteiger partial charge in [-0.15, -0.1) is 0 Å². The topological polar surface area (TPSA) is 64.3 Å². The largest absolute Gasteiger partial charge is 0.446 e. The predicted octanol–water partition coefficient (Wildman–Crippen LogP) is 1.66.